The van der Waals surface area contributed by atoms with Gasteiger partial charge in [-0.15, -0.1) is 0 Å². The van der Waals surface area contributed by atoms with Crippen LogP contribution in [0.4, 0.5) is 5.82 Å². The Kier molecular flexibility index (Phi) is 2.77. The van der Waals surface area contributed by atoms with Crippen molar-refractivity contribution < 1.29 is 0 Å². The number of anilines is 1. The maximum Gasteiger partial charge on any atom is 0.135 e. The summed E-state index contributed by atoms with van der Waals surface area (Å²) in [6.07, 6.45) is 3.95. The molecule has 0 amide bonds. The van der Waals surface area contributed by atoms with Crippen LogP contribution in [0.2, 0.25) is 0 Å². The molecule has 2 aliphatic rings. The van der Waals surface area contributed by atoms with E-state index in [1.807, 2.05) is 0 Å². The molecule has 4 heteroatoms. The second-order valence-corrected chi connectivity index (χ2v) is 6.43. The number of hydrogen-bond acceptors (Lipinski definition) is 4. The van der Waals surface area contributed by atoms with Crippen molar-refractivity contribution in [2.45, 2.75) is 26.7 Å². The van der Waals surface area contributed by atoms with Crippen molar-refractivity contribution >= 4 is 5.82 Å². The van der Waals surface area contributed by atoms with E-state index in [-0.39, 0.29) is 0 Å². The third kappa shape index (κ3) is 2.09. The highest BCUT2D eigenvalue weighted by Gasteiger charge is 2.33. The van der Waals surface area contributed by atoms with Crippen LogP contribution in [0.25, 0.3) is 0 Å². The van der Waals surface area contributed by atoms with Gasteiger partial charge in [0.2, 0.25) is 0 Å². The molecule has 0 spiro atoms. The van der Waals surface area contributed by atoms with Crippen LogP contribution in [-0.4, -0.2) is 48.1 Å². The Bertz CT molecular complexity index is 447. The number of hydrogen-bond donors (Lipinski definition) is 0. The summed E-state index contributed by atoms with van der Waals surface area (Å²) in [5.74, 6) is 1.19. The normalized spacial score (nSPS) is 23.2. The summed E-state index contributed by atoms with van der Waals surface area (Å²) < 4.78 is 0. The molecular weight excluding hydrogens is 224 g/mol. The van der Waals surface area contributed by atoms with Crippen LogP contribution >= 0.6 is 0 Å². The molecule has 3 rings (SSSR count). The van der Waals surface area contributed by atoms with E-state index >= 15 is 0 Å². The Hall–Kier alpha value is -1.16. The number of rotatable bonds is 1. The van der Waals surface area contributed by atoms with Crippen molar-refractivity contribution in [3.8, 4) is 0 Å². The molecule has 0 N–H and O–H groups in total. The Balaban J connectivity index is 1.89. The van der Waals surface area contributed by atoms with Crippen molar-refractivity contribution in [3.63, 3.8) is 0 Å². The third-order valence-corrected chi connectivity index (χ3v) is 4.12. The van der Waals surface area contributed by atoms with Gasteiger partial charge < -0.3 is 9.80 Å². The highest BCUT2D eigenvalue weighted by molar-refractivity contribution is 5.51. The summed E-state index contributed by atoms with van der Waals surface area (Å²) in [6.45, 7) is 9.07. The Morgan fingerprint density at radius 2 is 1.78 bits per heavy atom. The number of likely N-dealkylation sites (N-methyl/N-ethyl adjacent to an activating group) is 1. The zero-order chi connectivity index (χ0) is 12.8. The molecule has 2 heterocycles. The average molecular weight is 246 g/mol. The Morgan fingerprint density at radius 1 is 1.06 bits per heavy atom. The van der Waals surface area contributed by atoms with Gasteiger partial charge in [-0.3, -0.25) is 0 Å². The molecule has 1 aromatic rings. The van der Waals surface area contributed by atoms with Gasteiger partial charge >= 0.3 is 0 Å². The molecule has 1 aromatic heterocycles. The fraction of sp³-hybridized carbons (Fsp3) is 0.714. The van der Waals surface area contributed by atoms with Crippen LogP contribution in [0.3, 0.4) is 0 Å². The molecule has 0 saturated carbocycles. The van der Waals surface area contributed by atoms with E-state index in [9.17, 15) is 0 Å². The lowest BCUT2D eigenvalue weighted by Crippen LogP contribution is -2.45. The fourth-order valence-corrected chi connectivity index (χ4v) is 3.06. The van der Waals surface area contributed by atoms with Crippen molar-refractivity contribution in [2.75, 3.05) is 38.1 Å². The van der Waals surface area contributed by atoms with Crippen molar-refractivity contribution in [3.05, 3.63) is 17.6 Å². The molecule has 1 saturated heterocycles. The summed E-state index contributed by atoms with van der Waals surface area (Å²) in [4.78, 5) is 13.8. The van der Waals surface area contributed by atoms with Gasteiger partial charge in [0.25, 0.3) is 0 Å². The quantitative estimate of drug-likeness (QED) is 0.749. The predicted octanol–water partition coefficient (Wildman–Crippen LogP) is 1.35. The van der Waals surface area contributed by atoms with Crippen LogP contribution in [-0.2, 0) is 12.8 Å². The van der Waals surface area contributed by atoms with Gasteiger partial charge in [-0.05, 0) is 25.3 Å². The van der Waals surface area contributed by atoms with Gasteiger partial charge in [-0.25, -0.2) is 9.97 Å². The van der Waals surface area contributed by atoms with Gasteiger partial charge in [0.1, 0.15) is 12.1 Å². The van der Waals surface area contributed by atoms with Crippen molar-refractivity contribution in [1.29, 1.82) is 0 Å². The number of piperazine rings is 1. The predicted molar refractivity (Wildman–Crippen MR) is 72.9 cm³/mol. The first-order valence-electron chi connectivity index (χ1n) is 6.81. The largest absolute Gasteiger partial charge is 0.354 e. The highest BCUT2D eigenvalue weighted by atomic mass is 15.3. The zero-order valence-corrected chi connectivity index (χ0v) is 11.6. The Labute approximate surface area is 109 Å². The molecule has 1 fully saturated rings. The van der Waals surface area contributed by atoms with E-state index in [0.717, 1.165) is 39.0 Å². The molecule has 4 nitrogen and oxygen atoms in total. The van der Waals surface area contributed by atoms with Crippen LogP contribution in [0.5, 0.6) is 0 Å². The van der Waals surface area contributed by atoms with Gasteiger partial charge in [-0.1, -0.05) is 13.8 Å². The number of aromatic nitrogens is 2. The van der Waals surface area contributed by atoms with Crippen LogP contribution in [0.1, 0.15) is 25.1 Å². The minimum absolute atomic E-state index is 0.347. The number of fused-ring (bicyclic) bond motifs is 1. The lowest BCUT2D eigenvalue weighted by atomic mass is 9.90. The molecule has 1 aliphatic heterocycles. The molecule has 0 unspecified atom stereocenters. The van der Waals surface area contributed by atoms with Gasteiger partial charge in [-0.2, -0.15) is 0 Å². The molecule has 0 radical (unpaired) electrons. The molecular formula is C14H22N4. The van der Waals surface area contributed by atoms with Crippen molar-refractivity contribution in [1.82, 2.24) is 14.9 Å². The molecule has 0 bridgehead atoms. The van der Waals surface area contributed by atoms with Gasteiger partial charge in [0, 0.05) is 37.4 Å². The highest BCUT2D eigenvalue weighted by Crippen LogP contribution is 2.38. The van der Waals surface area contributed by atoms with Crippen LogP contribution in [0.15, 0.2) is 6.33 Å². The molecule has 0 atom stereocenters. The monoisotopic (exact) mass is 246 g/mol. The molecule has 98 valence electrons. The summed E-state index contributed by atoms with van der Waals surface area (Å²) >= 11 is 0. The second kappa shape index (κ2) is 4.19. The number of nitrogens with zero attached hydrogens (tertiary/aromatic N) is 4. The maximum absolute atomic E-state index is 4.56. The minimum atomic E-state index is 0.347. The van der Waals surface area contributed by atoms with Crippen molar-refractivity contribution in [2.24, 2.45) is 5.41 Å². The summed E-state index contributed by atoms with van der Waals surface area (Å²) in [5, 5.41) is 0. The lowest BCUT2D eigenvalue weighted by Gasteiger charge is -2.34. The van der Waals surface area contributed by atoms with Crippen LogP contribution < -0.4 is 4.90 Å². The third-order valence-electron chi connectivity index (χ3n) is 4.12. The lowest BCUT2D eigenvalue weighted by molar-refractivity contribution is 0.311. The van der Waals surface area contributed by atoms with E-state index < -0.39 is 0 Å². The first-order valence-corrected chi connectivity index (χ1v) is 6.81. The molecule has 18 heavy (non-hydrogen) atoms. The van der Waals surface area contributed by atoms with E-state index in [2.05, 4.69) is 40.7 Å². The zero-order valence-electron chi connectivity index (χ0n) is 11.6. The van der Waals surface area contributed by atoms with E-state index in [4.69, 9.17) is 0 Å². The summed E-state index contributed by atoms with van der Waals surface area (Å²) in [6, 6.07) is 0. The van der Waals surface area contributed by atoms with Crippen LogP contribution in [0, 0.1) is 5.41 Å². The van der Waals surface area contributed by atoms with Gasteiger partial charge in [0.05, 0.1) is 0 Å². The first kappa shape index (κ1) is 11.9. The topological polar surface area (TPSA) is 32.3 Å². The standard InChI is InChI=1S/C14H22N4/c1-14(2)8-11-12(9-14)15-10-16-13(11)18-6-4-17(3)5-7-18/h10H,4-9H2,1-3H3. The summed E-state index contributed by atoms with van der Waals surface area (Å²) in [7, 11) is 2.19. The second-order valence-electron chi connectivity index (χ2n) is 6.43. The minimum Gasteiger partial charge on any atom is -0.354 e. The first-order chi connectivity index (χ1) is 8.55. The fourth-order valence-electron chi connectivity index (χ4n) is 3.06. The average Bonchev–Trinajstić information content (AvgIpc) is 2.64. The molecule has 1 aliphatic carbocycles. The van der Waals surface area contributed by atoms with E-state index in [0.29, 0.717) is 5.41 Å². The van der Waals surface area contributed by atoms with E-state index in [1.54, 1.807) is 6.33 Å². The summed E-state index contributed by atoms with van der Waals surface area (Å²) in [5.41, 5.74) is 3.01. The SMILES string of the molecule is CN1CCN(c2ncnc3c2CC(C)(C)C3)CC1. The van der Waals surface area contributed by atoms with E-state index in [1.165, 1.54) is 17.1 Å². The smallest absolute Gasteiger partial charge is 0.135 e. The van der Waals surface area contributed by atoms with Gasteiger partial charge in [0.15, 0.2) is 0 Å². The maximum atomic E-state index is 4.56. The Morgan fingerprint density at radius 3 is 2.50 bits per heavy atom. The molecule has 0 aromatic carbocycles.